The van der Waals surface area contributed by atoms with Crippen LogP contribution in [-0.4, -0.2) is 34.1 Å². The number of non-ortho nitro benzene ring substituents is 1. The summed E-state index contributed by atoms with van der Waals surface area (Å²) in [4.78, 5) is 40.8. The van der Waals surface area contributed by atoms with E-state index in [1.165, 1.54) is 41.3 Å². The standard InChI is InChI=1S/C27H23FN4O4S2/c1-3-30(4-2)23-13-12-22(32(35)36)15-18(23)16-24-26(34)31(27(37)38-24)21-7-5-6-17(14-21)25(33)29-20-10-8-19(28)9-11-20/h5-16H,3-4H2,1-2H3,(H,29,33)/b24-16+. The average Bonchev–Trinajstić information content (AvgIpc) is 3.19. The lowest BCUT2D eigenvalue weighted by molar-refractivity contribution is -0.384. The Bertz CT molecular complexity index is 1460. The normalized spacial score (nSPS) is 14.2. The summed E-state index contributed by atoms with van der Waals surface area (Å²) in [6, 6.07) is 16.4. The number of nitrogens with one attached hydrogen (secondary N) is 1. The molecule has 38 heavy (non-hydrogen) atoms. The first-order valence-corrected chi connectivity index (χ1v) is 12.9. The smallest absolute Gasteiger partial charge is 0.270 e. The molecule has 0 aliphatic carbocycles. The Labute approximate surface area is 228 Å². The number of carbonyl (C=O) groups is 2. The SMILES string of the molecule is CCN(CC)c1ccc([N+](=O)[O-])cc1/C=C1/SC(=S)N(c2cccc(C(=O)Nc3ccc(F)cc3)c2)C1=O. The van der Waals surface area contributed by atoms with E-state index in [1.54, 1.807) is 36.4 Å². The van der Waals surface area contributed by atoms with Crippen LogP contribution >= 0.6 is 24.0 Å². The van der Waals surface area contributed by atoms with E-state index in [9.17, 15) is 24.1 Å². The summed E-state index contributed by atoms with van der Waals surface area (Å²) >= 11 is 6.57. The molecule has 3 aromatic rings. The second-order valence-electron chi connectivity index (χ2n) is 8.20. The number of anilines is 3. The van der Waals surface area contributed by atoms with Crippen molar-refractivity contribution in [3.05, 3.63) is 98.7 Å². The fraction of sp³-hybridized carbons (Fsp3) is 0.148. The molecule has 8 nitrogen and oxygen atoms in total. The molecule has 0 atom stereocenters. The van der Waals surface area contributed by atoms with Gasteiger partial charge in [-0.05, 0) is 68.5 Å². The first-order chi connectivity index (χ1) is 18.2. The van der Waals surface area contributed by atoms with E-state index in [4.69, 9.17) is 12.2 Å². The Kier molecular flexibility index (Phi) is 8.18. The zero-order valence-electron chi connectivity index (χ0n) is 20.5. The highest BCUT2D eigenvalue weighted by molar-refractivity contribution is 8.27. The summed E-state index contributed by atoms with van der Waals surface area (Å²) in [6.45, 7) is 5.33. The maximum atomic E-state index is 13.4. The van der Waals surface area contributed by atoms with E-state index in [0.29, 0.717) is 34.9 Å². The van der Waals surface area contributed by atoms with E-state index in [0.717, 1.165) is 17.4 Å². The quantitative estimate of drug-likeness (QED) is 0.154. The lowest BCUT2D eigenvalue weighted by atomic mass is 10.1. The number of hydrogen-bond acceptors (Lipinski definition) is 7. The van der Waals surface area contributed by atoms with Crippen LogP contribution in [0.4, 0.5) is 27.1 Å². The summed E-state index contributed by atoms with van der Waals surface area (Å²) in [6.07, 6.45) is 1.62. The van der Waals surface area contributed by atoms with E-state index >= 15 is 0 Å². The Balaban J connectivity index is 1.64. The third kappa shape index (κ3) is 5.74. The zero-order chi connectivity index (χ0) is 27.4. The van der Waals surface area contributed by atoms with E-state index in [-0.39, 0.29) is 15.6 Å². The summed E-state index contributed by atoms with van der Waals surface area (Å²) in [5.74, 6) is -1.24. The van der Waals surface area contributed by atoms with Gasteiger partial charge in [0, 0.05) is 47.7 Å². The molecule has 0 spiro atoms. The van der Waals surface area contributed by atoms with Crippen LogP contribution in [0.1, 0.15) is 29.8 Å². The molecule has 1 aliphatic rings. The molecule has 0 saturated carbocycles. The molecule has 0 radical (unpaired) electrons. The molecule has 0 aromatic heterocycles. The molecule has 1 aliphatic heterocycles. The van der Waals surface area contributed by atoms with Crippen molar-refractivity contribution in [2.24, 2.45) is 0 Å². The number of nitro groups is 1. The maximum absolute atomic E-state index is 13.4. The molecule has 4 rings (SSSR count). The van der Waals surface area contributed by atoms with Gasteiger partial charge in [-0.1, -0.05) is 30.0 Å². The topological polar surface area (TPSA) is 95.8 Å². The van der Waals surface area contributed by atoms with Crippen LogP contribution in [0.2, 0.25) is 0 Å². The number of halogens is 1. The number of thioether (sulfide) groups is 1. The van der Waals surface area contributed by atoms with Crippen LogP contribution in [0.25, 0.3) is 6.08 Å². The lowest BCUT2D eigenvalue weighted by Crippen LogP contribution is -2.28. The number of amides is 2. The summed E-state index contributed by atoms with van der Waals surface area (Å²) in [5.41, 5.74) is 2.35. The number of carbonyl (C=O) groups excluding carboxylic acids is 2. The van der Waals surface area contributed by atoms with E-state index in [1.807, 2.05) is 18.7 Å². The van der Waals surface area contributed by atoms with Crippen LogP contribution < -0.4 is 15.1 Å². The molecule has 1 saturated heterocycles. The second kappa shape index (κ2) is 11.5. The van der Waals surface area contributed by atoms with Gasteiger partial charge >= 0.3 is 0 Å². The molecule has 3 aromatic carbocycles. The van der Waals surface area contributed by atoms with Crippen molar-refractivity contribution >= 4 is 68.9 Å². The highest BCUT2D eigenvalue weighted by Crippen LogP contribution is 2.38. The first-order valence-electron chi connectivity index (χ1n) is 11.7. The van der Waals surface area contributed by atoms with Crippen molar-refractivity contribution in [2.45, 2.75) is 13.8 Å². The van der Waals surface area contributed by atoms with Gasteiger partial charge in [0.05, 0.1) is 15.5 Å². The number of hydrogen-bond donors (Lipinski definition) is 1. The van der Waals surface area contributed by atoms with Crippen molar-refractivity contribution in [3.8, 4) is 0 Å². The second-order valence-corrected chi connectivity index (χ2v) is 9.88. The Morgan fingerprint density at radius 2 is 1.84 bits per heavy atom. The van der Waals surface area contributed by atoms with Crippen LogP contribution in [0, 0.1) is 15.9 Å². The van der Waals surface area contributed by atoms with Crippen LogP contribution in [0.3, 0.4) is 0 Å². The van der Waals surface area contributed by atoms with Crippen molar-refractivity contribution in [1.82, 2.24) is 0 Å². The molecule has 1 fully saturated rings. The monoisotopic (exact) mass is 550 g/mol. The van der Waals surface area contributed by atoms with Crippen molar-refractivity contribution in [3.63, 3.8) is 0 Å². The van der Waals surface area contributed by atoms with Gasteiger partial charge in [0.1, 0.15) is 5.82 Å². The van der Waals surface area contributed by atoms with Crippen LogP contribution in [-0.2, 0) is 4.79 Å². The van der Waals surface area contributed by atoms with Gasteiger partial charge in [0.15, 0.2) is 4.32 Å². The minimum atomic E-state index is -0.475. The largest absolute Gasteiger partial charge is 0.372 e. The van der Waals surface area contributed by atoms with E-state index in [2.05, 4.69) is 5.32 Å². The predicted octanol–water partition coefficient (Wildman–Crippen LogP) is 6.24. The van der Waals surface area contributed by atoms with Crippen molar-refractivity contribution < 1.29 is 18.9 Å². The van der Waals surface area contributed by atoms with Gasteiger partial charge < -0.3 is 10.2 Å². The highest BCUT2D eigenvalue weighted by Gasteiger charge is 2.34. The Hall–Kier alpha value is -4.09. The molecule has 1 heterocycles. The number of benzene rings is 3. The highest BCUT2D eigenvalue weighted by atomic mass is 32.2. The molecule has 0 bridgehead atoms. The van der Waals surface area contributed by atoms with Gasteiger partial charge in [-0.15, -0.1) is 0 Å². The summed E-state index contributed by atoms with van der Waals surface area (Å²) < 4.78 is 13.4. The lowest BCUT2D eigenvalue weighted by Gasteiger charge is -2.23. The van der Waals surface area contributed by atoms with Crippen LogP contribution in [0.5, 0.6) is 0 Å². The van der Waals surface area contributed by atoms with Crippen molar-refractivity contribution in [2.75, 3.05) is 28.2 Å². The number of rotatable bonds is 8. The van der Waals surface area contributed by atoms with Crippen LogP contribution in [0.15, 0.2) is 71.6 Å². The Morgan fingerprint density at radius 3 is 2.50 bits per heavy atom. The first kappa shape index (κ1) is 27.0. The number of nitro benzene ring substituents is 1. The molecule has 11 heteroatoms. The minimum absolute atomic E-state index is 0.0810. The third-order valence-corrected chi connectivity index (χ3v) is 7.18. The molecule has 194 valence electrons. The predicted molar refractivity (Wildman–Crippen MR) is 153 cm³/mol. The van der Waals surface area contributed by atoms with Gasteiger partial charge in [-0.25, -0.2) is 4.39 Å². The molecular weight excluding hydrogens is 527 g/mol. The fourth-order valence-electron chi connectivity index (χ4n) is 3.98. The van der Waals surface area contributed by atoms with Gasteiger partial charge in [-0.2, -0.15) is 0 Å². The molecule has 0 unspecified atom stereocenters. The van der Waals surface area contributed by atoms with Gasteiger partial charge in [0.25, 0.3) is 17.5 Å². The number of nitrogens with zero attached hydrogens (tertiary/aromatic N) is 3. The van der Waals surface area contributed by atoms with Crippen molar-refractivity contribution in [1.29, 1.82) is 0 Å². The fourth-order valence-corrected chi connectivity index (χ4v) is 5.27. The third-order valence-electron chi connectivity index (χ3n) is 5.88. The Morgan fingerprint density at radius 1 is 1.13 bits per heavy atom. The molecule has 1 N–H and O–H groups in total. The average molecular weight is 551 g/mol. The zero-order valence-corrected chi connectivity index (χ0v) is 22.1. The molecule has 2 amide bonds. The maximum Gasteiger partial charge on any atom is 0.270 e. The van der Waals surface area contributed by atoms with E-state index < -0.39 is 22.6 Å². The van der Waals surface area contributed by atoms with Gasteiger partial charge in [0.2, 0.25) is 0 Å². The summed E-state index contributed by atoms with van der Waals surface area (Å²) in [7, 11) is 0. The van der Waals surface area contributed by atoms with Gasteiger partial charge in [-0.3, -0.25) is 24.6 Å². The molecular formula is C27H23FN4O4S2. The summed E-state index contributed by atoms with van der Waals surface area (Å²) in [5, 5.41) is 14.1. The minimum Gasteiger partial charge on any atom is -0.372 e. The number of thiocarbonyl (C=S) groups is 1.